The summed E-state index contributed by atoms with van der Waals surface area (Å²) in [5.74, 6) is -0.244. The van der Waals surface area contributed by atoms with Crippen LogP contribution >= 0.6 is 0 Å². The molecule has 6 rings (SSSR count). The lowest BCUT2D eigenvalue weighted by molar-refractivity contribution is -0.384. The Morgan fingerprint density at radius 1 is 0.949 bits per heavy atom. The molecule has 0 saturated carbocycles. The molecule has 1 aliphatic heterocycles. The summed E-state index contributed by atoms with van der Waals surface area (Å²) in [5, 5.41) is 13.1. The van der Waals surface area contributed by atoms with E-state index in [4.69, 9.17) is 0 Å². The van der Waals surface area contributed by atoms with Crippen LogP contribution in [0.1, 0.15) is 29.3 Å². The third-order valence-electron chi connectivity index (χ3n) is 7.53. The van der Waals surface area contributed by atoms with Crippen molar-refractivity contribution in [2.24, 2.45) is 0 Å². The Kier molecular flexibility index (Phi) is 6.32. The van der Waals surface area contributed by atoms with Crippen molar-refractivity contribution in [1.29, 1.82) is 0 Å². The molecule has 1 atom stereocenters. The normalized spacial score (nSPS) is 15.2. The molecular formula is C32H28N4O3. The highest BCUT2D eigenvalue weighted by Gasteiger charge is 2.30. The molecule has 1 aromatic heterocycles. The first kappa shape index (κ1) is 24.4. The van der Waals surface area contributed by atoms with Crippen LogP contribution in [0, 0.1) is 10.1 Å². The number of benzene rings is 4. The minimum Gasteiger partial charge on any atom is -0.363 e. The van der Waals surface area contributed by atoms with Gasteiger partial charge in [-0.25, -0.2) is 0 Å². The Morgan fingerprint density at radius 3 is 2.51 bits per heavy atom. The number of aromatic amines is 1. The minimum atomic E-state index is -0.409. The van der Waals surface area contributed by atoms with Crippen LogP contribution in [0.3, 0.4) is 0 Å². The average molecular weight is 517 g/mol. The lowest BCUT2D eigenvalue weighted by Gasteiger charge is -2.31. The van der Waals surface area contributed by atoms with Gasteiger partial charge in [-0.3, -0.25) is 14.9 Å². The van der Waals surface area contributed by atoms with Gasteiger partial charge in [0.1, 0.15) is 0 Å². The molecule has 7 nitrogen and oxygen atoms in total. The van der Waals surface area contributed by atoms with Crippen LogP contribution in [0.15, 0.2) is 103 Å². The molecule has 0 spiro atoms. The number of nitro groups is 1. The predicted octanol–water partition coefficient (Wildman–Crippen LogP) is 7.19. The van der Waals surface area contributed by atoms with Gasteiger partial charge in [0.05, 0.1) is 21.9 Å². The molecule has 0 fully saturated rings. The predicted molar refractivity (Wildman–Crippen MR) is 155 cm³/mol. The van der Waals surface area contributed by atoms with Crippen LogP contribution in [0.25, 0.3) is 22.0 Å². The smallest absolute Gasteiger partial charge is 0.277 e. The molecule has 1 N–H and O–H groups in total. The molecule has 39 heavy (non-hydrogen) atoms. The molecule has 7 heteroatoms. The van der Waals surface area contributed by atoms with E-state index in [1.807, 2.05) is 72.9 Å². The highest BCUT2D eigenvalue weighted by Crippen LogP contribution is 2.38. The molecule has 0 saturated heterocycles. The summed E-state index contributed by atoms with van der Waals surface area (Å²) in [6.07, 6.45) is 2.61. The second kappa shape index (κ2) is 10.1. The van der Waals surface area contributed by atoms with E-state index in [-0.39, 0.29) is 17.6 Å². The van der Waals surface area contributed by atoms with E-state index in [1.54, 1.807) is 17.0 Å². The summed E-state index contributed by atoms with van der Waals surface area (Å²) < 4.78 is 0. The summed E-state index contributed by atoms with van der Waals surface area (Å²) in [6.45, 7) is 3.42. The van der Waals surface area contributed by atoms with Gasteiger partial charge < -0.3 is 14.8 Å². The van der Waals surface area contributed by atoms with Gasteiger partial charge in [0.2, 0.25) is 0 Å². The van der Waals surface area contributed by atoms with Gasteiger partial charge in [-0.2, -0.15) is 0 Å². The molecule has 1 unspecified atom stereocenters. The number of aromatic nitrogens is 1. The second-order valence-corrected chi connectivity index (χ2v) is 9.97. The van der Waals surface area contributed by atoms with Crippen LogP contribution in [0.5, 0.6) is 0 Å². The van der Waals surface area contributed by atoms with Crippen LogP contribution in [-0.4, -0.2) is 28.4 Å². The average Bonchev–Trinajstić information content (AvgIpc) is 3.39. The van der Waals surface area contributed by atoms with Crippen LogP contribution in [0.4, 0.5) is 17.1 Å². The molecule has 0 radical (unpaired) electrons. The number of carbonyl (C=O) groups is 1. The fraction of sp³-hybridized carbons (Fsp3) is 0.156. The Bertz CT molecular complexity index is 1680. The quantitative estimate of drug-likeness (QED) is 0.198. The van der Waals surface area contributed by atoms with Crippen molar-refractivity contribution >= 4 is 33.9 Å². The number of nitrogens with zero attached hydrogens (tertiary/aromatic N) is 3. The molecular weight excluding hydrogens is 488 g/mol. The van der Waals surface area contributed by atoms with Crippen LogP contribution in [-0.2, 0) is 6.54 Å². The van der Waals surface area contributed by atoms with E-state index in [1.165, 1.54) is 11.6 Å². The van der Waals surface area contributed by atoms with E-state index in [9.17, 15) is 14.9 Å². The number of amides is 1. The van der Waals surface area contributed by atoms with Gasteiger partial charge in [0.25, 0.3) is 11.6 Å². The molecule has 1 amide bonds. The zero-order chi connectivity index (χ0) is 26.9. The summed E-state index contributed by atoms with van der Waals surface area (Å²) >= 11 is 0. The van der Waals surface area contributed by atoms with E-state index in [0.717, 1.165) is 40.8 Å². The molecule has 194 valence electrons. The van der Waals surface area contributed by atoms with Crippen molar-refractivity contribution in [2.75, 3.05) is 16.3 Å². The maximum Gasteiger partial charge on any atom is 0.277 e. The number of hydrogen-bond acceptors (Lipinski definition) is 4. The van der Waals surface area contributed by atoms with Crippen LogP contribution < -0.4 is 9.80 Å². The highest BCUT2D eigenvalue weighted by atomic mass is 16.6. The monoisotopic (exact) mass is 516 g/mol. The zero-order valence-corrected chi connectivity index (χ0v) is 21.6. The Morgan fingerprint density at radius 2 is 1.72 bits per heavy atom. The number of H-pyrrole nitrogens is 1. The third kappa shape index (κ3) is 4.63. The lowest BCUT2D eigenvalue weighted by atomic mass is 9.99. The first-order valence-corrected chi connectivity index (χ1v) is 13.1. The summed E-state index contributed by atoms with van der Waals surface area (Å²) in [7, 11) is 0. The molecule has 0 aliphatic carbocycles. The third-order valence-corrected chi connectivity index (χ3v) is 7.53. The number of hydrogen-bond donors (Lipinski definition) is 1. The number of fused-ring (bicyclic) bond motifs is 2. The number of nitro benzene ring substituents is 1. The van der Waals surface area contributed by atoms with Crippen molar-refractivity contribution < 1.29 is 9.72 Å². The van der Waals surface area contributed by atoms with Gasteiger partial charge in [0, 0.05) is 42.5 Å². The Labute approximate surface area is 226 Å². The molecule has 2 heterocycles. The Balaban J connectivity index is 1.36. The first-order chi connectivity index (χ1) is 19.0. The van der Waals surface area contributed by atoms with E-state index in [2.05, 4.69) is 28.9 Å². The number of nitrogens with one attached hydrogen (secondary N) is 1. The fourth-order valence-corrected chi connectivity index (χ4v) is 5.43. The van der Waals surface area contributed by atoms with Crippen molar-refractivity contribution in [2.45, 2.75) is 25.9 Å². The van der Waals surface area contributed by atoms with Crippen molar-refractivity contribution in [1.82, 2.24) is 4.98 Å². The topological polar surface area (TPSA) is 82.5 Å². The van der Waals surface area contributed by atoms with Gasteiger partial charge in [-0.1, -0.05) is 48.5 Å². The molecule has 5 aromatic rings. The highest BCUT2D eigenvalue weighted by molar-refractivity contribution is 6.09. The van der Waals surface area contributed by atoms with Gasteiger partial charge in [-0.05, 0) is 72.3 Å². The summed E-state index contributed by atoms with van der Waals surface area (Å²) in [5.41, 5.74) is 5.38. The van der Waals surface area contributed by atoms with Gasteiger partial charge in [-0.15, -0.1) is 0 Å². The number of rotatable bonds is 5. The van der Waals surface area contributed by atoms with Gasteiger partial charge in [0.15, 0.2) is 0 Å². The number of para-hydroxylation sites is 2. The number of anilines is 2. The minimum absolute atomic E-state index is 0.0853. The van der Waals surface area contributed by atoms with E-state index in [0.29, 0.717) is 17.7 Å². The van der Waals surface area contributed by atoms with Crippen molar-refractivity contribution in [3.05, 3.63) is 124 Å². The second-order valence-electron chi connectivity index (χ2n) is 9.97. The van der Waals surface area contributed by atoms with Gasteiger partial charge >= 0.3 is 0 Å². The number of carbonyl (C=O) groups excluding carboxylic acids is 1. The maximum atomic E-state index is 13.9. The summed E-state index contributed by atoms with van der Waals surface area (Å²) in [4.78, 5) is 32.9. The molecule has 0 bridgehead atoms. The fourth-order valence-electron chi connectivity index (χ4n) is 5.43. The van der Waals surface area contributed by atoms with E-state index >= 15 is 0 Å². The zero-order valence-electron chi connectivity index (χ0n) is 21.6. The standard InChI is InChI=1S/C32H28N4O3/c1-22-16-18-34(29-9-5-6-10-30(29)35(22)21-23-7-3-2-4-8-23)32(37)26-11-13-27(31(20-26)36(38)39)24-12-14-28-25(19-24)15-17-33-28/h2-15,17,19-20,22,33H,16,18,21H2,1H3. The van der Waals surface area contributed by atoms with Crippen LogP contribution in [0.2, 0.25) is 0 Å². The largest absolute Gasteiger partial charge is 0.363 e. The van der Waals surface area contributed by atoms with Crippen molar-refractivity contribution in [3.63, 3.8) is 0 Å². The Hall–Kier alpha value is -4.91. The SMILES string of the molecule is CC1CCN(C(=O)c2ccc(-c3ccc4[nH]ccc4c3)c([N+](=O)[O-])c2)c2ccccc2N1Cc1ccccc1. The summed E-state index contributed by atoms with van der Waals surface area (Å²) in [6, 6.07) is 30.8. The van der Waals surface area contributed by atoms with E-state index < -0.39 is 4.92 Å². The first-order valence-electron chi connectivity index (χ1n) is 13.1. The van der Waals surface area contributed by atoms with Crippen molar-refractivity contribution in [3.8, 4) is 11.1 Å². The maximum absolute atomic E-state index is 13.9. The molecule has 4 aromatic carbocycles. The molecule has 1 aliphatic rings. The lowest BCUT2D eigenvalue weighted by Crippen LogP contribution is -2.33.